The summed E-state index contributed by atoms with van der Waals surface area (Å²) in [5, 5.41) is 16.0. The molecule has 1 aliphatic rings. The standard InChI is InChI=1S/C18H15ClN4O4S/c1-10-2-4-11(5-3-10)20-18-22-17(25)15(28-18)9-16(24)21-14-8-12(23(26)27)6-7-13(14)19/h2-8,15H,9H2,1H3,(H,21,24)(H,20,22,25). The number of nitrogens with zero attached hydrogens (tertiary/aromatic N) is 2. The van der Waals surface area contributed by atoms with Crippen molar-refractivity contribution in [2.45, 2.75) is 18.6 Å². The number of nitro groups is 1. The molecule has 10 heteroatoms. The topological polar surface area (TPSA) is 114 Å². The van der Waals surface area contributed by atoms with Gasteiger partial charge in [-0.2, -0.15) is 0 Å². The number of amidine groups is 1. The molecule has 1 fully saturated rings. The molecule has 8 nitrogen and oxygen atoms in total. The summed E-state index contributed by atoms with van der Waals surface area (Å²) >= 11 is 7.13. The van der Waals surface area contributed by atoms with Gasteiger partial charge in [-0.1, -0.05) is 41.1 Å². The van der Waals surface area contributed by atoms with Gasteiger partial charge in [-0.3, -0.25) is 19.7 Å². The molecule has 0 aliphatic carbocycles. The molecule has 0 saturated carbocycles. The van der Waals surface area contributed by atoms with E-state index in [9.17, 15) is 19.7 Å². The number of nitrogens with one attached hydrogen (secondary N) is 2. The molecule has 1 atom stereocenters. The van der Waals surface area contributed by atoms with Crippen LogP contribution in [0.2, 0.25) is 5.02 Å². The van der Waals surface area contributed by atoms with Crippen LogP contribution in [0.25, 0.3) is 0 Å². The predicted octanol–water partition coefficient (Wildman–Crippen LogP) is 3.80. The largest absolute Gasteiger partial charge is 0.325 e. The van der Waals surface area contributed by atoms with Gasteiger partial charge in [0.2, 0.25) is 11.8 Å². The first-order valence-corrected chi connectivity index (χ1v) is 9.44. The number of carbonyl (C=O) groups is 2. The van der Waals surface area contributed by atoms with Crippen LogP contribution < -0.4 is 10.6 Å². The Labute approximate surface area is 169 Å². The van der Waals surface area contributed by atoms with Gasteiger partial charge in [0.15, 0.2) is 5.17 Å². The first-order chi connectivity index (χ1) is 13.3. The summed E-state index contributed by atoms with van der Waals surface area (Å²) in [7, 11) is 0. The second-order valence-corrected chi connectivity index (χ2v) is 7.62. The Morgan fingerprint density at radius 1 is 1.32 bits per heavy atom. The third-order valence-electron chi connectivity index (χ3n) is 3.85. The van der Waals surface area contributed by atoms with Gasteiger partial charge >= 0.3 is 0 Å². The molecule has 0 radical (unpaired) electrons. The lowest BCUT2D eigenvalue weighted by Crippen LogP contribution is -2.28. The summed E-state index contributed by atoms with van der Waals surface area (Å²) in [4.78, 5) is 39.0. The predicted molar refractivity (Wildman–Crippen MR) is 109 cm³/mol. The zero-order chi connectivity index (χ0) is 20.3. The van der Waals surface area contributed by atoms with Crippen molar-refractivity contribution in [3.63, 3.8) is 0 Å². The molecular formula is C18H15ClN4O4S. The van der Waals surface area contributed by atoms with Crippen LogP contribution in [-0.2, 0) is 9.59 Å². The maximum Gasteiger partial charge on any atom is 0.271 e. The number of nitro benzene ring substituents is 1. The molecule has 3 rings (SSSR count). The van der Waals surface area contributed by atoms with Gasteiger partial charge in [-0.25, -0.2) is 4.99 Å². The Hall–Kier alpha value is -2.91. The highest BCUT2D eigenvalue weighted by atomic mass is 35.5. The van der Waals surface area contributed by atoms with E-state index in [-0.39, 0.29) is 28.7 Å². The minimum atomic E-state index is -0.651. The van der Waals surface area contributed by atoms with Crippen LogP contribution in [0.15, 0.2) is 47.5 Å². The lowest BCUT2D eigenvalue weighted by molar-refractivity contribution is -0.384. The number of benzene rings is 2. The molecule has 2 aromatic rings. The van der Waals surface area contributed by atoms with Crippen LogP contribution in [0, 0.1) is 17.0 Å². The molecule has 2 aromatic carbocycles. The lowest BCUT2D eigenvalue weighted by Gasteiger charge is -2.08. The highest BCUT2D eigenvalue weighted by Crippen LogP contribution is 2.29. The summed E-state index contributed by atoms with van der Waals surface area (Å²) in [5.74, 6) is -0.803. The molecular weight excluding hydrogens is 404 g/mol. The van der Waals surface area contributed by atoms with Crippen molar-refractivity contribution < 1.29 is 14.5 Å². The van der Waals surface area contributed by atoms with E-state index >= 15 is 0 Å². The molecule has 1 heterocycles. The van der Waals surface area contributed by atoms with E-state index in [4.69, 9.17) is 11.6 Å². The van der Waals surface area contributed by atoms with Crippen LogP contribution in [0.3, 0.4) is 0 Å². The van der Waals surface area contributed by atoms with Gasteiger partial charge in [0.05, 0.1) is 21.3 Å². The molecule has 1 unspecified atom stereocenters. The molecule has 28 heavy (non-hydrogen) atoms. The number of hydrogen-bond acceptors (Lipinski definition) is 6. The van der Waals surface area contributed by atoms with Crippen LogP contribution in [0.5, 0.6) is 0 Å². The summed E-state index contributed by atoms with van der Waals surface area (Å²) in [5.41, 5.74) is 1.72. The van der Waals surface area contributed by atoms with Crippen LogP contribution in [0.1, 0.15) is 12.0 Å². The Morgan fingerprint density at radius 2 is 2.04 bits per heavy atom. The number of rotatable bonds is 5. The fourth-order valence-corrected chi connectivity index (χ4v) is 3.57. The number of anilines is 1. The number of thioether (sulfide) groups is 1. The van der Waals surface area contributed by atoms with Gasteiger partial charge in [-0.15, -0.1) is 0 Å². The lowest BCUT2D eigenvalue weighted by atomic mass is 10.2. The number of hydrogen-bond donors (Lipinski definition) is 2. The second kappa shape index (κ2) is 8.41. The molecule has 2 N–H and O–H groups in total. The van der Waals surface area contributed by atoms with Crippen molar-refractivity contribution in [1.82, 2.24) is 5.32 Å². The van der Waals surface area contributed by atoms with Crippen molar-refractivity contribution in [2.24, 2.45) is 4.99 Å². The fourth-order valence-electron chi connectivity index (χ4n) is 2.42. The average Bonchev–Trinajstić information content (AvgIpc) is 2.97. The number of amides is 2. The Morgan fingerprint density at radius 3 is 2.71 bits per heavy atom. The quantitative estimate of drug-likeness (QED) is 0.566. The van der Waals surface area contributed by atoms with E-state index < -0.39 is 16.1 Å². The van der Waals surface area contributed by atoms with Gasteiger partial charge in [0.25, 0.3) is 5.69 Å². The van der Waals surface area contributed by atoms with E-state index in [0.29, 0.717) is 10.9 Å². The third-order valence-corrected chi connectivity index (χ3v) is 5.26. The summed E-state index contributed by atoms with van der Waals surface area (Å²) in [6.07, 6.45) is -0.123. The first kappa shape index (κ1) is 19.8. The van der Waals surface area contributed by atoms with Crippen molar-refractivity contribution in [2.75, 3.05) is 5.32 Å². The number of aryl methyl sites for hydroxylation is 1. The smallest absolute Gasteiger partial charge is 0.271 e. The molecule has 0 spiro atoms. The van der Waals surface area contributed by atoms with E-state index in [0.717, 1.165) is 17.3 Å². The van der Waals surface area contributed by atoms with E-state index in [1.54, 1.807) is 0 Å². The Bertz CT molecular complexity index is 978. The second-order valence-electron chi connectivity index (χ2n) is 6.02. The number of carbonyl (C=O) groups excluding carboxylic acids is 2. The van der Waals surface area contributed by atoms with Gasteiger partial charge in [0, 0.05) is 18.6 Å². The summed E-state index contributed by atoms with van der Waals surface area (Å²) < 4.78 is 0. The third kappa shape index (κ3) is 4.87. The van der Waals surface area contributed by atoms with Crippen molar-refractivity contribution >= 4 is 57.4 Å². The van der Waals surface area contributed by atoms with Gasteiger partial charge in [0.1, 0.15) is 5.25 Å². The number of aliphatic imine (C=N–C) groups is 1. The maximum absolute atomic E-state index is 12.3. The highest BCUT2D eigenvalue weighted by molar-refractivity contribution is 8.15. The molecule has 2 amide bonds. The monoisotopic (exact) mass is 418 g/mol. The normalized spacial score (nSPS) is 17.4. The van der Waals surface area contributed by atoms with Crippen molar-refractivity contribution in [1.29, 1.82) is 0 Å². The van der Waals surface area contributed by atoms with Crippen LogP contribution in [0.4, 0.5) is 17.1 Å². The fraction of sp³-hybridized carbons (Fsp3) is 0.167. The first-order valence-electron chi connectivity index (χ1n) is 8.18. The van der Waals surface area contributed by atoms with Gasteiger partial charge < -0.3 is 10.6 Å². The minimum Gasteiger partial charge on any atom is -0.325 e. The van der Waals surface area contributed by atoms with Crippen LogP contribution >= 0.6 is 23.4 Å². The van der Waals surface area contributed by atoms with Gasteiger partial charge in [-0.05, 0) is 25.1 Å². The van der Waals surface area contributed by atoms with E-state index in [1.165, 1.54) is 18.2 Å². The molecule has 144 valence electrons. The summed E-state index contributed by atoms with van der Waals surface area (Å²) in [6, 6.07) is 11.2. The Kier molecular flexibility index (Phi) is 5.96. The summed E-state index contributed by atoms with van der Waals surface area (Å²) in [6.45, 7) is 1.96. The van der Waals surface area contributed by atoms with Crippen molar-refractivity contribution in [3.05, 3.63) is 63.2 Å². The zero-order valence-corrected chi connectivity index (χ0v) is 16.2. The molecule has 1 saturated heterocycles. The molecule has 0 aromatic heterocycles. The van der Waals surface area contributed by atoms with Crippen molar-refractivity contribution in [3.8, 4) is 0 Å². The minimum absolute atomic E-state index is 0.123. The SMILES string of the molecule is Cc1ccc(N=C2NC(=O)C(CC(=O)Nc3cc([N+](=O)[O-])ccc3Cl)S2)cc1. The average molecular weight is 419 g/mol. The molecule has 1 aliphatic heterocycles. The number of non-ortho nitro benzene ring substituents is 1. The Balaban J connectivity index is 1.64. The zero-order valence-electron chi connectivity index (χ0n) is 14.6. The highest BCUT2D eigenvalue weighted by Gasteiger charge is 2.32. The van der Waals surface area contributed by atoms with E-state index in [1.807, 2.05) is 31.2 Å². The maximum atomic E-state index is 12.3. The number of halogens is 1. The van der Waals surface area contributed by atoms with Crippen LogP contribution in [-0.4, -0.2) is 27.2 Å². The van der Waals surface area contributed by atoms with E-state index in [2.05, 4.69) is 15.6 Å². The molecule has 0 bridgehead atoms.